The molecule has 8 nitrogen and oxygen atoms in total. The van der Waals surface area contributed by atoms with E-state index in [0.717, 1.165) is 70.7 Å². The maximum absolute atomic E-state index is 13.3. The summed E-state index contributed by atoms with van der Waals surface area (Å²) in [7, 11) is 7.95. The Morgan fingerprint density at radius 3 is 0.746 bits per heavy atom. The molecule has 0 aliphatic heterocycles. The quantitative estimate of drug-likeness (QED) is 0.0305. The minimum Gasteiger partial charge on any atom is -0.298 e. The van der Waals surface area contributed by atoms with Crippen molar-refractivity contribution in [1.29, 1.82) is 0 Å². The Kier molecular flexibility index (Phi) is 45.2. The Labute approximate surface area is 774 Å². The van der Waals surface area contributed by atoms with Gasteiger partial charge < -0.3 is 0 Å². The fraction of sp³-hybridized carbons (Fsp3) is 0.115. The highest BCUT2D eigenvalue weighted by Crippen LogP contribution is 2.32. The number of rotatable bonds is 32. The molecule has 0 aliphatic carbocycles. The Morgan fingerprint density at radius 1 is 0.254 bits per heavy atom. The van der Waals surface area contributed by atoms with Crippen molar-refractivity contribution in [3.63, 3.8) is 0 Å². The number of benzene rings is 12. The van der Waals surface area contributed by atoms with Gasteiger partial charge in [0.05, 0.1) is 20.1 Å². The summed E-state index contributed by atoms with van der Waals surface area (Å²) in [5, 5.41) is 3.11. The van der Waals surface area contributed by atoms with Crippen LogP contribution in [0.3, 0.4) is 0 Å². The first-order valence-corrected chi connectivity index (χ1v) is 40.5. The predicted octanol–water partition coefficient (Wildman–Crippen LogP) is 27.5. The minimum atomic E-state index is -0.0906. The molecule has 0 N–H and O–H groups in total. The van der Waals surface area contributed by atoms with Gasteiger partial charge in [-0.2, -0.15) is 0 Å². The van der Waals surface area contributed by atoms with Crippen molar-refractivity contribution < 1.29 is 19.2 Å². The third-order valence-corrected chi connectivity index (χ3v) is 20.6. The van der Waals surface area contributed by atoms with E-state index in [9.17, 15) is 19.2 Å². The topological polar surface area (TPSA) is 81.2 Å². The molecule has 0 aliphatic rings. The van der Waals surface area contributed by atoms with Crippen LogP contribution < -0.4 is 0 Å². The van der Waals surface area contributed by atoms with Gasteiger partial charge in [-0.3, -0.25) is 38.8 Å². The molecule has 18 heteroatoms. The molecule has 0 saturated heterocycles. The van der Waals surface area contributed by atoms with E-state index in [1.807, 2.05) is 307 Å². The zero-order valence-corrected chi connectivity index (χ0v) is 76.1. The summed E-state index contributed by atoms with van der Waals surface area (Å²) in [6, 6.07) is 105. The van der Waals surface area contributed by atoms with Gasteiger partial charge in [-0.25, -0.2) is 0 Å². The molecule has 0 saturated carbocycles. The SMILES string of the molecule is C=C(CN(C)Cc1ccccc1)C(=O)/C(=C/c1ccc(Cl)c(Cl)c1)c1ccccc1.C=C(CN(C)Cc1ccccc1)C(=O)/C(=C/c1cccc(Cl)c1)c1ccccc1.C=C(CN(C)Cc1ccccc1)C(=O)/C(=C/c1ccccc1Cl)c1ccccc1.C=C(CN(C)Cc1ccccc1)C(=O)/C(=C\c1ccc(Cl)c(Cl)c1)c1ccccc1.Cl.Cl.Cl.Cl. The largest absolute Gasteiger partial charge is 0.298 e. The van der Waals surface area contributed by atoms with Gasteiger partial charge in [-0.1, -0.05) is 381 Å². The third-order valence-electron chi connectivity index (χ3n) is 18.5. The average molecular weight is 1820 g/mol. The molecule has 12 aromatic carbocycles. The monoisotopic (exact) mass is 1820 g/mol. The third kappa shape index (κ3) is 33.7. The van der Waals surface area contributed by atoms with Crippen molar-refractivity contribution in [1.82, 2.24) is 19.6 Å². The predicted molar refractivity (Wildman–Crippen MR) is 530 cm³/mol. The fourth-order valence-corrected chi connectivity index (χ4v) is 13.8. The normalized spacial score (nSPS) is 11.1. The molecular weight excluding hydrogens is 1720 g/mol. The number of allylic oxidation sites excluding steroid dienone is 4. The molecule has 12 aromatic rings. The van der Waals surface area contributed by atoms with E-state index in [1.54, 1.807) is 24.3 Å². The number of carbonyl (C=O) groups excluding carboxylic acids is 4. The molecular formula is C104H98Cl10N4O4. The van der Waals surface area contributed by atoms with Gasteiger partial charge in [0.15, 0.2) is 23.1 Å². The van der Waals surface area contributed by atoms with Crippen LogP contribution in [0.15, 0.2) is 376 Å². The van der Waals surface area contributed by atoms with Crippen molar-refractivity contribution in [2.24, 2.45) is 0 Å². The van der Waals surface area contributed by atoms with Crippen LogP contribution in [0.25, 0.3) is 46.6 Å². The van der Waals surface area contributed by atoms with E-state index in [2.05, 4.69) is 94.4 Å². The van der Waals surface area contributed by atoms with Gasteiger partial charge in [-0.15, -0.1) is 49.6 Å². The van der Waals surface area contributed by atoms with Crippen LogP contribution in [0.5, 0.6) is 0 Å². The number of likely N-dealkylation sites (N-methyl/N-ethyl adjacent to an activating group) is 4. The van der Waals surface area contributed by atoms with Crippen molar-refractivity contribution in [3.05, 3.63) is 473 Å². The molecule has 0 unspecified atom stereocenters. The smallest absolute Gasteiger partial charge is 0.190 e. The number of hydrogen-bond acceptors (Lipinski definition) is 8. The van der Waals surface area contributed by atoms with E-state index in [0.29, 0.717) is 101 Å². The van der Waals surface area contributed by atoms with Gasteiger partial charge in [0, 0.05) is 107 Å². The number of halogens is 10. The first kappa shape index (κ1) is 103. The molecule has 122 heavy (non-hydrogen) atoms. The van der Waals surface area contributed by atoms with E-state index >= 15 is 0 Å². The standard InChI is InChI=1S/2C26H23Cl2NO.2C26H24ClNO.4ClH/c2*1-19(17-29(2)18-20-9-5-3-6-10-20)26(30)23(22-11-7-4-8-12-22)15-21-13-14-24(27)25(28)16-21;1-20(18-28(2)19-21-11-5-3-6-12-21)26(29)24(22-13-7-4-8-14-22)17-23-15-9-10-16-25(23)27;1-20(18-28(2)19-21-10-5-3-6-11-21)26(29)25(23-13-7-4-8-14-23)17-22-12-9-15-24(27)16-22;;;;/h2*3-16H,1,17-18H2,2H3;2*3-17H,1,18-19H2,2H3;4*1H/b23-15+;23-15-;24-17+;25-17+;;;;. The van der Waals surface area contributed by atoms with Crippen LogP contribution in [0, 0.1) is 0 Å². The van der Waals surface area contributed by atoms with E-state index in [1.165, 1.54) is 22.3 Å². The summed E-state index contributed by atoms with van der Waals surface area (Å²) in [6.07, 6.45) is 7.40. The van der Waals surface area contributed by atoms with E-state index in [-0.39, 0.29) is 72.8 Å². The Hall–Kier alpha value is -10.0. The number of ketones is 4. The van der Waals surface area contributed by atoms with Gasteiger partial charge >= 0.3 is 0 Å². The highest BCUT2D eigenvalue weighted by Gasteiger charge is 2.23. The van der Waals surface area contributed by atoms with Gasteiger partial charge in [0.2, 0.25) is 0 Å². The number of hydrogen-bond donors (Lipinski definition) is 0. The second kappa shape index (κ2) is 53.8. The first-order chi connectivity index (χ1) is 56.9. The molecule has 0 bridgehead atoms. The highest BCUT2D eigenvalue weighted by atomic mass is 35.5. The second-order valence-electron chi connectivity index (χ2n) is 28.5. The summed E-state index contributed by atoms with van der Waals surface area (Å²) < 4.78 is 0. The molecule has 0 atom stereocenters. The summed E-state index contributed by atoms with van der Waals surface area (Å²) >= 11 is 36.8. The lowest BCUT2D eigenvalue weighted by Gasteiger charge is -2.18. The van der Waals surface area contributed by atoms with E-state index < -0.39 is 0 Å². The first-order valence-electron chi connectivity index (χ1n) is 38.2. The lowest BCUT2D eigenvalue weighted by molar-refractivity contribution is -0.111. The molecule has 12 rings (SSSR count). The van der Waals surface area contributed by atoms with Gasteiger partial charge in [0.25, 0.3) is 0 Å². The molecule has 0 radical (unpaired) electrons. The fourth-order valence-electron chi connectivity index (χ4n) is 12.8. The lowest BCUT2D eigenvalue weighted by atomic mass is 9.95. The number of Topliss-reactive ketones (excluding diaryl/α,β-unsaturated/α-hetero) is 4. The number of nitrogens with zero attached hydrogens (tertiary/aromatic N) is 4. The zero-order chi connectivity index (χ0) is 84.3. The van der Waals surface area contributed by atoms with Crippen molar-refractivity contribution in [3.8, 4) is 0 Å². The molecule has 0 fully saturated rings. The summed E-state index contributed by atoms with van der Waals surface area (Å²) in [6.45, 7) is 21.2. The molecule has 628 valence electrons. The second-order valence-corrected chi connectivity index (χ2v) is 31.0. The lowest BCUT2D eigenvalue weighted by Crippen LogP contribution is -2.23. The summed E-state index contributed by atoms with van der Waals surface area (Å²) in [4.78, 5) is 61.6. The van der Waals surface area contributed by atoms with Crippen molar-refractivity contribution in [2.45, 2.75) is 26.2 Å². The van der Waals surface area contributed by atoms with Crippen molar-refractivity contribution in [2.75, 3.05) is 54.4 Å². The van der Waals surface area contributed by atoms with Crippen LogP contribution >= 0.6 is 119 Å². The highest BCUT2D eigenvalue weighted by molar-refractivity contribution is 6.43. The molecule has 0 aromatic heterocycles. The van der Waals surface area contributed by atoms with E-state index in [4.69, 9.17) is 69.6 Å². The average Bonchev–Trinajstić information content (AvgIpc) is 0.826. The van der Waals surface area contributed by atoms with Gasteiger partial charge in [0.1, 0.15) is 0 Å². The molecule has 0 amide bonds. The molecule has 0 spiro atoms. The Morgan fingerprint density at radius 2 is 0.492 bits per heavy atom. The summed E-state index contributed by atoms with van der Waals surface area (Å²) in [5.74, 6) is -0.313. The van der Waals surface area contributed by atoms with Crippen LogP contribution in [-0.2, 0) is 45.4 Å². The minimum absolute atomic E-state index is 0. The van der Waals surface area contributed by atoms with Crippen LogP contribution in [-0.4, -0.2) is 97.1 Å². The Balaban J connectivity index is 0.000000286. The van der Waals surface area contributed by atoms with Crippen LogP contribution in [0.2, 0.25) is 30.1 Å². The van der Waals surface area contributed by atoms with Crippen LogP contribution in [0.4, 0.5) is 0 Å². The number of carbonyl (C=O) groups is 4. The Bertz CT molecular complexity index is 5350. The molecule has 0 heterocycles. The van der Waals surface area contributed by atoms with Crippen LogP contribution in [0.1, 0.15) is 66.8 Å². The van der Waals surface area contributed by atoms with Crippen molar-refractivity contribution >= 4 is 189 Å². The zero-order valence-electron chi connectivity index (χ0n) is 68.3. The maximum Gasteiger partial charge on any atom is 0.190 e. The maximum atomic E-state index is 13.3. The van der Waals surface area contributed by atoms with Gasteiger partial charge in [-0.05, 0) is 162 Å². The summed E-state index contributed by atoms with van der Waals surface area (Å²) in [5.41, 5.74) is 16.0.